The van der Waals surface area contributed by atoms with Crippen LogP contribution >= 0.6 is 0 Å². The number of amidine groups is 1. The summed E-state index contributed by atoms with van der Waals surface area (Å²) < 4.78 is 16.4. The number of benzene rings is 1. The molecule has 0 aliphatic carbocycles. The van der Waals surface area contributed by atoms with Gasteiger partial charge in [-0.05, 0) is 12.1 Å². The lowest BCUT2D eigenvalue weighted by atomic mass is 10.2. The molecule has 0 saturated carbocycles. The van der Waals surface area contributed by atoms with Gasteiger partial charge in [0.25, 0.3) is 0 Å². The van der Waals surface area contributed by atoms with E-state index in [4.69, 9.17) is 25.2 Å². The van der Waals surface area contributed by atoms with Crippen molar-refractivity contribution < 1.29 is 19.4 Å². The lowest BCUT2D eigenvalue weighted by molar-refractivity contribution is 0.000559. The third kappa shape index (κ3) is 4.24. The number of para-hydroxylation sites is 2. The minimum atomic E-state index is -0.366. The summed E-state index contributed by atoms with van der Waals surface area (Å²) in [5, 5.41) is 11.7. The van der Waals surface area contributed by atoms with Crippen LogP contribution in [-0.4, -0.2) is 62.0 Å². The van der Waals surface area contributed by atoms with E-state index in [1.807, 2.05) is 24.3 Å². The number of ether oxygens (including phenoxy) is 3. The first-order valence-electron chi connectivity index (χ1n) is 6.81. The predicted molar refractivity (Wildman–Crippen MR) is 78.1 cm³/mol. The lowest BCUT2D eigenvalue weighted by Gasteiger charge is -2.31. The molecule has 1 aliphatic rings. The van der Waals surface area contributed by atoms with Gasteiger partial charge in [0.05, 0.1) is 13.7 Å². The lowest BCUT2D eigenvalue weighted by Crippen LogP contribution is -2.49. The topological polar surface area (TPSA) is 89.5 Å². The summed E-state index contributed by atoms with van der Waals surface area (Å²) in [4.78, 5) is 2.15. The molecule has 116 valence electrons. The molecule has 1 aromatic carbocycles. The number of nitrogens with zero attached hydrogens (tertiary/aromatic N) is 2. The van der Waals surface area contributed by atoms with Crippen molar-refractivity contribution >= 4 is 5.84 Å². The number of hydrogen-bond acceptors (Lipinski definition) is 6. The quantitative estimate of drug-likeness (QED) is 0.344. The van der Waals surface area contributed by atoms with Crippen molar-refractivity contribution in [3.05, 3.63) is 24.3 Å². The van der Waals surface area contributed by atoms with Crippen LogP contribution in [0.15, 0.2) is 29.4 Å². The van der Waals surface area contributed by atoms with E-state index in [9.17, 15) is 0 Å². The van der Waals surface area contributed by atoms with Crippen LogP contribution in [0.5, 0.6) is 11.5 Å². The molecule has 1 fully saturated rings. The first-order valence-corrected chi connectivity index (χ1v) is 6.81. The summed E-state index contributed by atoms with van der Waals surface area (Å²) in [6.07, 6.45) is -0.366. The van der Waals surface area contributed by atoms with Crippen LogP contribution in [0.2, 0.25) is 0 Å². The molecule has 3 N–H and O–H groups in total. The maximum atomic E-state index is 8.68. The van der Waals surface area contributed by atoms with Crippen LogP contribution in [0.4, 0.5) is 0 Å². The van der Waals surface area contributed by atoms with Gasteiger partial charge < -0.3 is 25.2 Å². The Bertz CT molecular complexity index is 481. The molecule has 1 unspecified atom stereocenters. The first kappa shape index (κ1) is 15.4. The second kappa shape index (κ2) is 7.70. The van der Waals surface area contributed by atoms with Crippen molar-refractivity contribution in [1.29, 1.82) is 0 Å². The van der Waals surface area contributed by atoms with E-state index < -0.39 is 0 Å². The average Bonchev–Trinajstić information content (AvgIpc) is 2.55. The zero-order valence-electron chi connectivity index (χ0n) is 12.1. The SMILES string of the molecule is COc1ccccc1OCCN1CCOC(C(N)=NO)C1. The zero-order valence-corrected chi connectivity index (χ0v) is 12.1. The third-order valence-corrected chi connectivity index (χ3v) is 3.33. The fourth-order valence-corrected chi connectivity index (χ4v) is 2.17. The van der Waals surface area contributed by atoms with E-state index in [1.54, 1.807) is 7.11 Å². The predicted octanol–water partition coefficient (Wildman–Crippen LogP) is 0.521. The third-order valence-electron chi connectivity index (χ3n) is 3.33. The minimum Gasteiger partial charge on any atom is -0.493 e. The van der Waals surface area contributed by atoms with Gasteiger partial charge in [0, 0.05) is 19.6 Å². The second-order valence-corrected chi connectivity index (χ2v) is 4.68. The van der Waals surface area contributed by atoms with Crippen molar-refractivity contribution in [1.82, 2.24) is 4.90 Å². The molecule has 0 aromatic heterocycles. The molecule has 0 radical (unpaired) electrons. The number of rotatable bonds is 6. The molecule has 21 heavy (non-hydrogen) atoms. The Morgan fingerprint density at radius 2 is 2.24 bits per heavy atom. The van der Waals surface area contributed by atoms with Gasteiger partial charge in [-0.25, -0.2) is 0 Å². The van der Waals surface area contributed by atoms with E-state index in [-0.39, 0.29) is 11.9 Å². The normalized spacial score (nSPS) is 20.2. The highest BCUT2D eigenvalue weighted by atomic mass is 16.5. The van der Waals surface area contributed by atoms with Gasteiger partial charge in [-0.2, -0.15) is 0 Å². The van der Waals surface area contributed by atoms with Gasteiger partial charge in [-0.15, -0.1) is 0 Å². The van der Waals surface area contributed by atoms with Gasteiger partial charge in [0.2, 0.25) is 0 Å². The summed E-state index contributed by atoms with van der Waals surface area (Å²) in [5.41, 5.74) is 5.57. The molecule has 0 bridgehead atoms. The maximum Gasteiger partial charge on any atom is 0.169 e. The minimum absolute atomic E-state index is 0.102. The van der Waals surface area contributed by atoms with Crippen LogP contribution in [0.3, 0.4) is 0 Å². The summed E-state index contributed by atoms with van der Waals surface area (Å²) in [6.45, 7) is 3.20. The van der Waals surface area contributed by atoms with E-state index in [0.717, 1.165) is 18.8 Å². The Hall–Kier alpha value is -1.99. The fourth-order valence-electron chi connectivity index (χ4n) is 2.17. The Balaban J connectivity index is 1.80. The summed E-state index contributed by atoms with van der Waals surface area (Å²) in [7, 11) is 1.62. The molecule has 1 saturated heterocycles. The number of nitrogens with two attached hydrogens (primary N) is 1. The largest absolute Gasteiger partial charge is 0.493 e. The van der Waals surface area contributed by atoms with Crippen molar-refractivity contribution in [3.8, 4) is 11.5 Å². The molecule has 1 aromatic rings. The van der Waals surface area contributed by atoms with Gasteiger partial charge in [0.15, 0.2) is 17.3 Å². The highest BCUT2D eigenvalue weighted by Crippen LogP contribution is 2.25. The van der Waals surface area contributed by atoms with Gasteiger partial charge >= 0.3 is 0 Å². The summed E-state index contributed by atoms with van der Waals surface area (Å²) in [6, 6.07) is 7.53. The number of morpholine rings is 1. The van der Waals surface area contributed by atoms with Crippen molar-refractivity contribution in [2.75, 3.05) is 40.0 Å². The second-order valence-electron chi connectivity index (χ2n) is 4.68. The number of oxime groups is 1. The Labute approximate surface area is 123 Å². The van der Waals surface area contributed by atoms with E-state index >= 15 is 0 Å². The van der Waals surface area contributed by atoms with Crippen molar-refractivity contribution in [2.45, 2.75) is 6.10 Å². The maximum absolute atomic E-state index is 8.68. The highest BCUT2D eigenvalue weighted by molar-refractivity contribution is 5.84. The van der Waals surface area contributed by atoms with E-state index in [1.165, 1.54) is 0 Å². The first-order chi connectivity index (χ1) is 10.2. The monoisotopic (exact) mass is 295 g/mol. The Morgan fingerprint density at radius 3 is 2.95 bits per heavy atom. The van der Waals surface area contributed by atoms with Crippen molar-refractivity contribution in [3.63, 3.8) is 0 Å². The van der Waals surface area contributed by atoms with Gasteiger partial charge in [-0.3, -0.25) is 4.90 Å². The molecular weight excluding hydrogens is 274 g/mol. The number of hydrogen-bond donors (Lipinski definition) is 2. The zero-order chi connectivity index (χ0) is 15.1. The molecule has 0 amide bonds. The molecular formula is C14H21N3O4. The van der Waals surface area contributed by atoms with E-state index in [2.05, 4.69) is 10.1 Å². The van der Waals surface area contributed by atoms with Crippen LogP contribution in [0.25, 0.3) is 0 Å². The number of methoxy groups -OCH3 is 1. The van der Waals surface area contributed by atoms with Crippen LogP contribution < -0.4 is 15.2 Å². The molecule has 1 heterocycles. The van der Waals surface area contributed by atoms with Crippen LogP contribution in [0, 0.1) is 0 Å². The summed E-state index contributed by atoms with van der Waals surface area (Å²) in [5.74, 6) is 1.54. The Morgan fingerprint density at radius 1 is 1.48 bits per heavy atom. The molecule has 1 atom stereocenters. The van der Waals surface area contributed by atoms with Crippen LogP contribution in [0.1, 0.15) is 0 Å². The Kier molecular flexibility index (Phi) is 5.65. The van der Waals surface area contributed by atoms with Gasteiger partial charge in [0.1, 0.15) is 12.7 Å². The standard InChI is InChI=1S/C14H21N3O4/c1-19-11-4-2-3-5-12(11)20-8-6-17-7-9-21-13(10-17)14(15)16-18/h2-5,13,18H,6-10H2,1H3,(H2,15,16). The highest BCUT2D eigenvalue weighted by Gasteiger charge is 2.23. The average molecular weight is 295 g/mol. The molecule has 7 nitrogen and oxygen atoms in total. The van der Waals surface area contributed by atoms with Crippen molar-refractivity contribution in [2.24, 2.45) is 10.9 Å². The van der Waals surface area contributed by atoms with Gasteiger partial charge in [-0.1, -0.05) is 17.3 Å². The fraction of sp³-hybridized carbons (Fsp3) is 0.500. The smallest absolute Gasteiger partial charge is 0.169 e. The molecule has 0 spiro atoms. The summed E-state index contributed by atoms with van der Waals surface area (Å²) >= 11 is 0. The molecule has 7 heteroatoms. The van der Waals surface area contributed by atoms with Crippen LogP contribution in [-0.2, 0) is 4.74 Å². The molecule has 1 aliphatic heterocycles. The molecule has 2 rings (SSSR count). The van der Waals surface area contributed by atoms with E-state index in [0.29, 0.717) is 25.5 Å².